The van der Waals surface area contributed by atoms with E-state index in [2.05, 4.69) is 25.1 Å². The number of ether oxygens (including phenoxy) is 1. The zero-order valence-corrected chi connectivity index (χ0v) is 11.9. The fraction of sp³-hybridized carbons (Fsp3) is 0.647. The van der Waals surface area contributed by atoms with Gasteiger partial charge in [-0.2, -0.15) is 0 Å². The van der Waals surface area contributed by atoms with Gasteiger partial charge in [0.15, 0.2) is 0 Å². The summed E-state index contributed by atoms with van der Waals surface area (Å²) in [4.78, 5) is 0. The van der Waals surface area contributed by atoms with Crippen molar-refractivity contribution >= 4 is 0 Å². The van der Waals surface area contributed by atoms with E-state index in [4.69, 9.17) is 10.5 Å². The molecule has 1 aliphatic heterocycles. The van der Waals surface area contributed by atoms with E-state index in [9.17, 15) is 0 Å². The van der Waals surface area contributed by atoms with Crippen molar-refractivity contribution in [1.29, 1.82) is 0 Å². The molecule has 104 valence electrons. The lowest BCUT2D eigenvalue weighted by atomic mass is 9.75. The molecule has 3 atom stereocenters. The number of nitrogens with two attached hydrogens (primary N) is 1. The van der Waals surface area contributed by atoms with E-state index < -0.39 is 0 Å². The summed E-state index contributed by atoms with van der Waals surface area (Å²) < 4.78 is 5.81. The molecule has 1 heterocycles. The minimum Gasteiger partial charge on any atom is -0.493 e. The molecule has 0 saturated heterocycles. The van der Waals surface area contributed by atoms with Crippen molar-refractivity contribution in [3.8, 4) is 5.75 Å². The Morgan fingerprint density at radius 3 is 3.11 bits per heavy atom. The van der Waals surface area contributed by atoms with Crippen LogP contribution in [0.3, 0.4) is 0 Å². The second-order valence-corrected chi connectivity index (χ2v) is 6.16. The average Bonchev–Trinajstić information content (AvgIpc) is 2.95. The van der Waals surface area contributed by atoms with Crippen molar-refractivity contribution in [1.82, 2.24) is 0 Å². The molecule has 3 unspecified atom stereocenters. The number of hydrogen-bond donors (Lipinski definition) is 1. The van der Waals surface area contributed by atoms with Crippen LogP contribution in [0.1, 0.15) is 56.2 Å². The third-order valence-corrected chi connectivity index (χ3v) is 5.01. The molecular formula is C17H25NO. The van der Waals surface area contributed by atoms with Gasteiger partial charge in [0, 0.05) is 18.0 Å². The first-order valence-corrected chi connectivity index (χ1v) is 7.79. The normalized spacial score (nSPS) is 27.7. The third-order valence-electron chi connectivity index (χ3n) is 5.01. The molecule has 2 heteroatoms. The van der Waals surface area contributed by atoms with E-state index in [1.807, 2.05) is 0 Å². The summed E-state index contributed by atoms with van der Waals surface area (Å²) in [5.41, 5.74) is 9.17. The standard InChI is InChI=1S/C17H25NO/c1-2-12-5-3-7-14(11-12)16(18)15-8-4-6-13-9-10-19-17(13)15/h4,6,8,12,14,16H,2-3,5,7,9-11,18H2,1H3. The lowest BCUT2D eigenvalue weighted by Gasteiger charge is -2.33. The first-order valence-electron chi connectivity index (χ1n) is 7.79. The third kappa shape index (κ3) is 2.51. The number of rotatable bonds is 3. The first kappa shape index (κ1) is 13.0. The van der Waals surface area contributed by atoms with Crippen LogP contribution in [0.4, 0.5) is 0 Å². The fourth-order valence-corrected chi connectivity index (χ4v) is 3.79. The Hall–Kier alpha value is -1.02. The lowest BCUT2D eigenvalue weighted by Crippen LogP contribution is -2.27. The Balaban J connectivity index is 1.80. The maximum atomic E-state index is 6.58. The zero-order chi connectivity index (χ0) is 13.2. The largest absolute Gasteiger partial charge is 0.493 e. The number of benzene rings is 1. The van der Waals surface area contributed by atoms with Gasteiger partial charge < -0.3 is 10.5 Å². The molecule has 0 spiro atoms. The molecule has 0 amide bonds. The summed E-state index contributed by atoms with van der Waals surface area (Å²) in [6.07, 6.45) is 7.64. The predicted molar refractivity (Wildman–Crippen MR) is 78.3 cm³/mol. The van der Waals surface area contributed by atoms with Gasteiger partial charge >= 0.3 is 0 Å². The van der Waals surface area contributed by atoms with Crippen LogP contribution in [-0.4, -0.2) is 6.61 Å². The second kappa shape index (κ2) is 5.54. The number of fused-ring (bicyclic) bond motifs is 1. The van der Waals surface area contributed by atoms with E-state index in [1.54, 1.807) is 0 Å². The summed E-state index contributed by atoms with van der Waals surface area (Å²) in [5.74, 6) is 2.60. The van der Waals surface area contributed by atoms with Crippen LogP contribution in [0.5, 0.6) is 5.75 Å². The van der Waals surface area contributed by atoms with Gasteiger partial charge in [0.25, 0.3) is 0 Å². The van der Waals surface area contributed by atoms with Gasteiger partial charge in [0.05, 0.1) is 6.61 Å². The highest BCUT2D eigenvalue weighted by atomic mass is 16.5. The van der Waals surface area contributed by atoms with Crippen LogP contribution >= 0.6 is 0 Å². The predicted octanol–water partition coefficient (Wildman–Crippen LogP) is 3.84. The quantitative estimate of drug-likeness (QED) is 0.895. The van der Waals surface area contributed by atoms with Crippen LogP contribution in [0.2, 0.25) is 0 Å². The minimum absolute atomic E-state index is 0.155. The van der Waals surface area contributed by atoms with Crippen molar-refractivity contribution in [3.05, 3.63) is 29.3 Å². The molecule has 2 nitrogen and oxygen atoms in total. The van der Waals surface area contributed by atoms with Crippen molar-refractivity contribution in [3.63, 3.8) is 0 Å². The minimum atomic E-state index is 0.155. The topological polar surface area (TPSA) is 35.2 Å². The molecule has 1 fully saturated rings. The molecular weight excluding hydrogens is 234 g/mol. The monoisotopic (exact) mass is 259 g/mol. The molecule has 0 radical (unpaired) electrons. The van der Waals surface area contributed by atoms with Gasteiger partial charge in [-0.1, -0.05) is 44.4 Å². The highest BCUT2D eigenvalue weighted by Crippen LogP contribution is 2.41. The van der Waals surface area contributed by atoms with Gasteiger partial charge in [-0.15, -0.1) is 0 Å². The van der Waals surface area contributed by atoms with Crippen molar-refractivity contribution < 1.29 is 4.74 Å². The second-order valence-electron chi connectivity index (χ2n) is 6.16. The summed E-state index contributed by atoms with van der Waals surface area (Å²) in [6.45, 7) is 3.13. The van der Waals surface area contributed by atoms with E-state index in [1.165, 1.54) is 43.2 Å². The smallest absolute Gasteiger partial charge is 0.127 e. The molecule has 19 heavy (non-hydrogen) atoms. The van der Waals surface area contributed by atoms with E-state index >= 15 is 0 Å². The van der Waals surface area contributed by atoms with E-state index in [0.717, 1.165) is 24.7 Å². The number of hydrogen-bond acceptors (Lipinski definition) is 2. The van der Waals surface area contributed by atoms with Gasteiger partial charge in [0.1, 0.15) is 5.75 Å². The summed E-state index contributed by atoms with van der Waals surface area (Å²) in [6, 6.07) is 6.64. The molecule has 0 bridgehead atoms. The van der Waals surface area contributed by atoms with Crippen LogP contribution in [0, 0.1) is 11.8 Å². The highest BCUT2D eigenvalue weighted by Gasteiger charge is 2.29. The molecule has 3 rings (SSSR count). The summed E-state index contributed by atoms with van der Waals surface area (Å²) in [5, 5.41) is 0. The Morgan fingerprint density at radius 1 is 1.37 bits per heavy atom. The van der Waals surface area contributed by atoms with Gasteiger partial charge in [-0.3, -0.25) is 0 Å². The molecule has 0 aromatic heterocycles. The van der Waals surface area contributed by atoms with Crippen molar-refractivity contribution in [2.75, 3.05) is 6.61 Å². The highest BCUT2D eigenvalue weighted by molar-refractivity contribution is 5.45. The van der Waals surface area contributed by atoms with Crippen molar-refractivity contribution in [2.24, 2.45) is 17.6 Å². The maximum absolute atomic E-state index is 6.58. The molecule has 2 aliphatic rings. The summed E-state index contributed by atoms with van der Waals surface area (Å²) >= 11 is 0. The fourth-order valence-electron chi connectivity index (χ4n) is 3.79. The van der Waals surface area contributed by atoms with E-state index in [0.29, 0.717) is 5.92 Å². The lowest BCUT2D eigenvalue weighted by molar-refractivity contribution is 0.227. The SMILES string of the molecule is CCC1CCCC(C(N)c2cccc3c2OCC3)C1. The molecule has 1 saturated carbocycles. The Kier molecular flexibility index (Phi) is 3.79. The maximum Gasteiger partial charge on any atom is 0.127 e. The first-order chi connectivity index (χ1) is 9.29. The van der Waals surface area contributed by atoms with Crippen molar-refractivity contribution in [2.45, 2.75) is 51.5 Å². The van der Waals surface area contributed by atoms with Crippen LogP contribution in [0.25, 0.3) is 0 Å². The molecule has 1 aromatic carbocycles. The van der Waals surface area contributed by atoms with Crippen LogP contribution < -0.4 is 10.5 Å². The molecule has 2 N–H and O–H groups in total. The average molecular weight is 259 g/mol. The Bertz CT molecular complexity index is 443. The zero-order valence-electron chi connectivity index (χ0n) is 11.9. The van der Waals surface area contributed by atoms with Crippen LogP contribution in [0.15, 0.2) is 18.2 Å². The van der Waals surface area contributed by atoms with Gasteiger partial charge in [-0.05, 0) is 30.2 Å². The van der Waals surface area contributed by atoms with E-state index in [-0.39, 0.29) is 6.04 Å². The van der Waals surface area contributed by atoms with Gasteiger partial charge in [0.2, 0.25) is 0 Å². The van der Waals surface area contributed by atoms with Gasteiger partial charge in [-0.25, -0.2) is 0 Å². The Morgan fingerprint density at radius 2 is 2.26 bits per heavy atom. The number of para-hydroxylation sites is 1. The Labute approximate surface area is 116 Å². The van der Waals surface area contributed by atoms with Crippen LogP contribution in [-0.2, 0) is 6.42 Å². The molecule has 1 aromatic rings. The molecule has 1 aliphatic carbocycles. The summed E-state index contributed by atoms with van der Waals surface area (Å²) in [7, 11) is 0.